The molecule has 0 aliphatic carbocycles. The number of nitrogens with zero attached hydrogens (tertiary/aromatic N) is 1. The van der Waals surface area contributed by atoms with Crippen molar-refractivity contribution in [3.63, 3.8) is 0 Å². The first-order valence-corrected chi connectivity index (χ1v) is 8.17. The van der Waals surface area contributed by atoms with Crippen LogP contribution < -0.4 is 5.32 Å². The number of rotatable bonds is 6. The molecule has 0 aromatic heterocycles. The lowest BCUT2D eigenvalue weighted by atomic mass is 9.81. The molecule has 1 fully saturated rings. The van der Waals surface area contributed by atoms with E-state index in [1.807, 2.05) is 0 Å². The molecule has 2 nitrogen and oxygen atoms in total. The van der Waals surface area contributed by atoms with Crippen LogP contribution in [0.15, 0.2) is 24.3 Å². The highest BCUT2D eigenvalue weighted by atomic mass is 15.2. The van der Waals surface area contributed by atoms with E-state index in [9.17, 15) is 0 Å². The van der Waals surface area contributed by atoms with Gasteiger partial charge in [0.15, 0.2) is 0 Å². The first kappa shape index (κ1) is 15.5. The molecular weight excluding hydrogens is 244 g/mol. The first-order chi connectivity index (χ1) is 9.63. The monoisotopic (exact) mass is 274 g/mol. The summed E-state index contributed by atoms with van der Waals surface area (Å²) < 4.78 is 0. The van der Waals surface area contributed by atoms with Gasteiger partial charge < -0.3 is 5.32 Å². The summed E-state index contributed by atoms with van der Waals surface area (Å²) in [6, 6.07) is 9.26. The molecule has 1 aromatic rings. The molecule has 2 heteroatoms. The van der Waals surface area contributed by atoms with Crippen LogP contribution in [0.3, 0.4) is 0 Å². The molecule has 0 spiro atoms. The summed E-state index contributed by atoms with van der Waals surface area (Å²) in [7, 11) is 0. The van der Waals surface area contributed by atoms with Crippen LogP contribution in [-0.2, 0) is 0 Å². The van der Waals surface area contributed by atoms with E-state index in [1.165, 1.54) is 43.5 Å². The largest absolute Gasteiger partial charge is 0.309 e. The fraction of sp³-hybridized carbons (Fsp3) is 0.667. The van der Waals surface area contributed by atoms with Crippen LogP contribution in [0.25, 0.3) is 0 Å². The molecule has 112 valence electrons. The second kappa shape index (κ2) is 6.73. The van der Waals surface area contributed by atoms with Gasteiger partial charge in [-0.15, -0.1) is 0 Å². The molecule has 1 aromatic carbocycles. The number of benzene rings is 1. The van der Waals surface area contributed by atoms with Crippen molar-refractivity contribution in [1.82, 2.24) is 10.2 Å². The molecule has 1 aliphatic rings. The third kappa shape index (κ3) is 2.91. The minimum Gasteiger partial charge on any atom is -0.309 e. The Hall–Kier alpha value is -0.860. The van der Waals surface area contributed by atoms with Crippen LogP contribution in [0.5, 0.6) is 0 Å². The van der Waals surface area contributed by atoms with E-state index in [0.29, 0.717) is 6.04 Å². The molecule has 0 saturated carbocycles. The van der Waals surface area contributed by atoms with Crippen LogP contribution >= 0.6 is 0 Å². The molecule has 2 unspecified atom stereocenters. The van der Waals surface area contributed by atoms with E-state index >= 15 is 0 Å². The van der Waals surface area contributed by atoms with Crippen LogP contribution in [0, 0.1) is 6.92 Å². The summed E-state index contributed by atoms with van der Waals surface area (Å²) in [6.07, 6.45) is 3.88. The molecule has 0 bridgehead atoms. The highest BCUT2D eigenvalue weighted by molar-refractivity contribution is 5.31. The Labute approximate surface area is 124 Å². The molecule has 2 rings (SSSR count). The smallest absolute Gasteiger partial charge is 0.0506 e. The molecule has 0 amide bonds. The summed E-state index contributed by atoms with van der Waals surface area (Å²) in [5.41, 5.74) is 3.07. The SMILES string of the molecule is CCNC(c1ccccc1C)C(C)(CC)N1CCCC1. The second-order valence-electron chi connectivity index (χ2n) is 6.25. The predicted octanol–water partition coefficient (Wildman–Crippen LogP) is 3.91. The molecular formula is C18H30N2. The van der Waals surface area contributed by atoms with Crippen molar-refractivity contribution in [3.8, 4) is 0 Å². The lowest BCUT2D eigenvalue weighted by Crippen LogP contribution is -2.53. The highest BCUT2D eigenvalue weighted by Crippen LogP contribution is 2.37. The van der Waals surface area contributed by atoms with E-state index in [4.69, 9.17) is 0 Å². The molecule has 1 aliphatic heterocycles. The summed E-state index contributed by atoms with van der Waals surface area (Å²) in [5, 5.41) is 3.77. The lowest BCUT2D eigenvalue weighted by molar-refractivity contribution is 0.0844. The maximum atomic E-state index is 3.77. The van der Waals surface area contributed by atoms with Gasteiger partial charge in [-0.3, -0.25) is 4.90 Å². The standard InChI is InChI=1S/C18H30N2/c1-5-18(4,20-13-9-10-14-20)17(19-6-2)16-12-8-7-11-15(16)3/h7-8,11-12,17,19H,5-6,9-10,13-14H2,1-4H3. The summed E-state index contributed by atoms with van der Waals surface area (Å²) >= 11 is 0. The Morgan fingerprint density at radius 1 is 1.20 bits per heavy atom. The zero-order valence-corrected chi connectivity index (χ0v) is 13.6. The van der Waals surface area contributed by atoms with E-state index in [-0.39, 0.29) is 5.54 Å². The molecule has 20 heavy (non-hydrogen) atoms. The van der Waals surface area contributed by atoms with Gasteiger partial charge in [0.05, 0.1) is 6.04 Å². The quantitative estimate of drug-likeness (QED) is 0.846. The zero-order valence-electron chi connectivity index (χ0n) is 13.6. The Kier molecular flexibility index (Phi) is 5.22. The van der Waals surface area contributed by atoms with Crippen molar-refractivity contribution in [3.05, 3.63) is 35.4 Å². The molecule has 1 N–H and O–H groups in total. The van der Waals surface area contributed by atoms with Crippen LogP contribution in [0.4, 0.5) is 0 Å². The molecule has 1 heterocycles. The van der Waals surface area contributed by atoms with E-state index in [2.05, 4.69) is 62.2 Å². The highest BCUT2D eigenvalue weighted by Gasteiger charge is 2.40. The topological polar surface area (TPSA) is 15.3 Å². The van der Waals surface area contributed by atoms with Crippen molar-refractivity contribution in [2.75, 3.05) is 19.6 Å². The normalized spacial score (nSPS) is 20.8. The summed E-state index contributed by atoms with van der Waals surface area (Å²) in [6.45, 7) is 12.7. The maximum absolute atomic E-state index is 3.77. The van der Waals surface area contributed by atoms with Gasteiger partial charge >= 0.3 is 0 Å². The number of likely N-dealkylation sites (N-methyl/N-ethyl adjacent to an activating group) is 1. The Balaban J connectivity index is 2.37. The number of hydrogen-bond acceptors (Lipinski definition) is 2. The summed E-state index contributed by atoms with van der Waals surface area (Å²) in [5.74, 6) is 0. The average molecular weight is 274 g/mol. The van der Waals surface area contributed by atoms with Crippen molar-refractivity contribution < 1.29 is 0 Å². The van der Waals surface area contributed by atoms with Gasteiger partial charge in [0.2, 0.25) is 0 Å². The number of aryl methyl sites for hydroxylation is 1. The molecule has 2 atom stereocenters. The van der Waals surface area contributed by atoms with Gasteiger partial charge in [0.25, 0.3) is 0 Å². The first-order valence-electron chi connectivity index (χ1n) is 8.17. The van der Waals surface area contributed by atoms with Crippen molar-refractivity contribution in [2.45, 2.75) is 58.5 Å². The minimum absolute atomic E-state index is 0.207. The number of likely N-dealkylation sites (tertiary alicyclic amines) is 1. The van der Waals surface area contributed by atoms with Crippen LogP contribution in [0.2, 0.25) is 0 Å². The van der Waals surface area contributed by atoms with Crippen molar-refractivity contribution >= 4 is 0 Å². The fourth-order valence-corrected chi connectivity index (χ4v) is 3.62. The Morgan fingerprint density at radius 2 is 1.85 bits per heavy atom. The van der Waals surface area contributed by atoms with Crippen molar-refractivity contribution in [1.29, 1.82) is 0 Å². The third-order valence-electron chi connectivity index (χ3n) is 5.07. The minimum atomic E-state index is 0.207. The van der Waals surface area contributed by atoms with Crippen LogP contribution in [0.1, 0.15) is 57.2 Å². The van der Waals surface area contributed by atoms with Gasteiger partial charge in [-0.2, -0.15) is 0 Å². The Morgan fingerprint density at radius 3 is 2.40 bits per heavy atom. The Bertz CT molecular complexity index is 423. The van der Waals surface area contributed by atoms with E-state index < -0.39 is 0 Å². The molecule has 1 saturated heterocycles. The van der Waals surface area contributed by atoms with Gasteiger partial charge in [-0.1, -0.05) is 38.1 Å². The number of hydrogen-bond donors (Lipinski definition) is 1. The van der Waals surface area contributed by atoms with Crippen molar-refractivity contribution in [2.24, 2.45) is 0 Å². The maximum Gasteiger partial charge on any atom is 0.0506 e. The van der Waals surface area contributed by atoms with E-state index in [0.717, 1.165) is 6.54 Å². The van der Waals surface area contributed by atoms with E-state index in [1.54, 1.807) is 0 Å². The van der Waals surface area contributed by atoms with Gasteiger partial charge in [-0.05, 0) is 63.9 Å². The predicted molar refractivity (Wildman–Crippen MR) is 87.1 cm³/mol. The van der Waals surface area contributed by atoms with Gasteiger partial charge in [0, 0.05) is 5.54 Å². The van der Waals surface area contributed by atoms with Crippen LogP contribution in [-0.4, -0.2) is 30.1 Å². The lowest BCUT2D eigenvalue weighted by Gasteiger charge is -2.45. The second-order valence-corrected chi connectivity index (χ2v) is 6.25. The average Bonchev–Trinajstić information content (AvgIpc) is 3.00. The summed E-state index contributed by atoms with van der Waals surface area (Å²) in [4.78, 5) is 2.70. The zero-order chi connectivity index (χ0) is 14.6. The third-order valence-corrected chi connectivity index (χ3v) is 5.07. The van der Waals surface area contributed by atoms with Gasteiger partial charge in [0.1, 0.15) is 0 Å². The molecule has 0 radical (unpaired) electrons. The fourth-order valence-electron chi connectivity index (χ4n) is 3.62. The van der Waals surface area contributed by atoms with Gasteiger partial charge in [-0.25, -0.2) is 0 Å². The number of nitrogens with one attached hydrogen (secondary N) is 1.